The Balaban J connectivity index is 1.53. The molecule has 1 saturated carbocycles. The molecule has 3 atom stereocenters. The van der Waals surface area contributed by atoms with E-state index in [9.17, 15) is 22.8 Å². The third-order valence-electron chi connectivity index (χ3n) is 5.26. The van der Waals surface area contributed by atoms with E-state index in [1.807, 2.05) is 0 Å². The highest BCUT2D eigenvalue weighted by Crippen LogP contribution is 2.47. The summed E-state index contributed by atoms with van der Waals surface area (Å²) in [5.41, 5.74) is -0.629. The Hall–Kier alpha value is -3.15. The van der Waals surface area contributed by atoms with Gasteiger partial charge in [0, 0.05) is 17.6 Å². The molecule has 144 valence electrons. The normalized spacial score (nSPS) is 23.2. The van der Waals surface area contributed by atoms with Crippen LogP contribution in [-0.4, -0.2) is 40.3 Å². The first-order valence-corrected chi connectivity index (χ1v) is 8.74. The lowest BCUT2D eigenvalue weighted by Gasteiger charge is -2.22. The number of amides is 2. The van der Waals surface area contributed by atoms with Crippen LogP contribution < -0.4 is 5.32 Å². The van der Waals surface area contributed by atoms with Gasteiger partial charge < -0.3 is 10.2 Å². The fourth-order valence-electron chi connectivity index (χ4n) is 3.79. The molecule has 2 heterocycles. The Labute approximate surface area is 157 Å². The van der Waals surface area contributed by atoms with Gasteiger partial charge in [-0.15, -0.1) is 0 Å². The number of nitrogens with zero attached hydrogens (tertiary/aromatic N) is 3. The van der Waals surface area contributed by atoms with Crippen LogP contribution in [0.3, 0.4) is 0 Å². The molecular weight excluding hydrogens is 373 g/mol. The second-order valence-corrected chi connectivity index (χ2v) is 7.02. The van der Waals surface area contributed by atoms with Crippen molar-refractivity contribution in [2.24, 2.45) is 5.92 Å². The van der Waals surface area contributed by atoms with Gasteiger partial charge in [-0.25, -0.2) is 0 Å². The van der Waals surface area contributed by atoms with Crippen LogP contribution in [0.1, 0.15) is 28.8 Å². The minimum absolute atomic E-state index is 0.00598. The smallest absolute Gasteiger partial charge is 0.343 e. The average molecular weight is 388 g/mol. The van der Waals surface area contributed by atoms with Gasteiger partial charge in [-0.3, -0.25) is 14.6 Å². The lowest BCUT2D eigenvalue weighted by molar-refractivity contribution is -0.137. The first kappa shape index (κ1) is 18.2. The molecule has 1 aromatic heterocycles. The Morgan fingerprint density at radius 1 is 1.29 bits per heavy atom. The van der Waals surface area contributed by atoms with Crippen LogP contribution in [0.5, 0.6) is 0 Å². The predicted molar refractivity (Wildman–Crippen MR) is 91.8 cm³/mol. The average Bonchev–Trinajstić information content (AvgIpc) is 3.33. The summed E-state index contributed by atoms with van der Waals surface area (Å²) in [6.45, 7) is -0.316. The maximum atomic E-state index is 13.0. The van der Waals surface area contributed by atoms with Crippen molar-refractivity contribution >= 4 is 22.7 Å². The number of pyridine rings is 1. The van der Waals surface area contributed by atoms with E-state index < -0.39 is 23.7 Å². The zero-order chi connectivity index (χ0) is 20.1. The number of halogens is 3. The van der Waals surface area contributed by atoms with Crippen LogP contribution in [0.15, 0.2) is 30.5 Å². The molecule has 1 aliphatic carbocycles. The molecule has 0 spiro atoms. The van der Waals surface area contributed by atoms with Gasteiger partial charge in [0.15, 0.2) is 0 Å². The number of hydrogen-bond acceptors (Lipinski definition) is 4. The number of piperidine rings is 1. The number of likely N-dealkylation sites (tertiary alicyclic amines) is 1. The van der Waals surface area contributed by atoms with E-state index in [2.05, 4.69) is 16.4 Å². The van der Waals surface area contributed by atoms with E-state index in [4.69, 9.17) is 5.26 Å². The van der Waals surface area contributed by atoms with Crippen molar-refractivity contribution in [2.45, 2.75) is 31.1 Å². The lowest BCUT2D eigenvalue weighted by Crippen LogP contribution is -2.44. The van der Waals surface area contributed by atoms with Crippen LogP contribution in [0, 0.1) is 17.2 Å². The van der Waals surface area contributed by atoms with Crippen molar-refractivity contribution in [2.75, 3.05) is 6.54 Å². The summed E-state index contributed by atoms with van der Waals surface area (Å²) in [7, 11) is 0. The number of nitrogens with one attached hydrogen (secondary N) is 1. The molecule has 2 aromatic rings. The van der Waals surface area contributed by atoms with E-state index in [-0.39, 0.29) is 35.0 Å². The van der Waals surface area contributed by atoms with E-state index in [0.717, 1.165) is 18.6 Å². The van der Waals surface area contributed by atoms with Gasteiger partial charge in [-0.1, -0.05) is 0 Å². The van der Waals surface area contributed by atoms with Crippen molar-refractivity contribution in [3.8, 4) is 6.07 Å². The maximum Gasteiger partial charge on any atom is 0.416 e. The largest absolute Gasteiger partial charge is 0.416 e. The minimum atomic E-state index is -4.55. The Morgan fingerprint density at radius 2 is 2.07 bits per heavy atom. The zero-order valence-electron chi connectivity index (χ0n) is 14.5. The Morgan fingerprint density at radius 3 is 2.79 bits per heavy atom. The van der Waals surface area contributed by atoms with E-state index in [1.165, 1.54) is 23.2 Å². The van der Waals surface area contributed by atoms with Gasteiger partial charge in [0.1, 0.15) is 6.04 Å². The van der Waals surface area contributed by atoms with Gasteiger partial charge in [-0.05, 0) is 43.0 Å². The summed E-state index contributed by atoms with van der Waals surface area (Å²) in [4.78, 5) is 30.5. The number of carbonyl (C=O) groups excluding carboxylic acids is 2. The first-order chi connectivity index (χ1) is 13.3. The van der Waals surface area contributed by atoms with Crippen LogP contribution in [0.2, 0.25) is 0 Å². The van der Waals surface area contributed by atoms with Gasteiger partial charge in [0.2, 0.25) is 5.91 Å². The Kier molecular flexibility index (Phi) is 4.22. The van der Waals surface area contributed by atoms with Gasteiger partial charge >= 0.3 is 6.18 Å². The summed E-state index contributed by atoms with van der Waals surface area (Å²) in [6.07, 6.45) is -1.70. The van der Waals surface area contributed by atoms with Gasteiger partial charge in [0.25, 0.3) is 5.91 Å². The topological polar surface area (TPSA) is 86.1 Å². The zero-order valence-corrected chi connectivity index (χ0v) is 14.5. The fourth-order valence-corrected chi connectivity index (χ4v) is 3.79. The van der Waals surface area contributed by atoms with E-state index in [0.29, 0.717) is 12.3 Å². The molecule has 1 aromatic carbocycles. The molecule has 1 saturated heterocycles. The molecule has 1 N–H and O–H groups in total. The lowest BCUT2D eigenvalue weighted by atomic mass is 10.1. The molecule has 0 unspecified atom stereocenters. The second-order valence-electron chi connectivity index (χ2n) is 7.02. The molecule has 28 heavy (non-hydrogen) atoms. The maximum absolute atomic E-state index is 13.0. The predicted octanol–water partition coefficient (Wildman–Crippen LogP) is 2.50. The minimum Gasteiger partial charge on any atom is -0.343 e. The van der Waals surface area contributed by atoms with Crippen LogP contribution in [-0.2, 0) is 11.0 Å². The second kappa shape index (κ2) is 6.48. The highest BCUT2D eigenvalue weighted by molar-refractivity contribution is 6.07. The summed E-state index contributed by atoms with van der Waals surface area (Å²) >= 11 is 0. The third-order valence-corrected chi connectivity index (χ3v) is 5.26. The molecule has 2 aliphatic rings. The summed E-state index contributed by atoms with van der Waals surface area (Å²) in [5.74, 6) is -0.673. The molecule has 4 rings (SSSR count). The third kappa shape index (κ3) is 3.15. The monoisotopic (exact) mass is 388 g/mol. The van der Waals surface area contributed by atoms with Crippen molar-refractivity contribution < 1.29 is 22.8 Å². The number of fused-ring (bicyclic) bond motifs is 2. The number of alkyl halides is 3. The van der Waals surface area contributed by atoms with Crippen LogP contribution in [0.4, 0.5) is 13.2 Å². The standard InChI is InChI=1S/C19H15F3N4O2/c20-19(21,22)11-1-2-15-14(7-11)13(3-4-24-15)18(28)25-9-17(27)26-12(8-23)5-10-6-16(10)26/h1-4,7,10,12,16H,5-6,9H2,(H,25,28)/t10-,12+,16+/m1/s1. The number of aromatic nitrogens is 1. The molecule has 1 aliphatic heterocycles. The Bertz CT molecular complexity index is 1010. The fraction of sp³-hybridized carbons (Fsp3) is 0.368. The summed E-state index contributed by atoms with van der Waals surface area (Å²) in [5, 5.41) is 11.7. The number of rotatable bonds is 3. The van der Waals surface area contributed by atoms with Gasteiger partial charge in [-0.2, -0.15) is 18.4 Å². The number of hydrogen-bond donors (Lipinski definition) is 1. The first-order valence-electron chi connectivity index (χ1n) is 8.74. The molecule has 0 bridgehead atoms. The summed E-state index contributed by atoms with van der Waals surface area (Å²) in [6, 6.07) is 5.97. The van der Waals surface area contributed by atoms with Crippen molar-refractivity contribution in [1.82, 2.24) is 15.2 Å². The van der Waals surface area contributed by atoms with Crippen molar-refractivity contribution in [3.63, 3.8) is 0 Å². The molecule has 2 fully saturated rings. The van der Waals surface area contributed by atoms with E-state index >= 15 is 0 Å². The molecule has 2 amide bonds. The number of nitriles is 1. The highest BCUT2D eigenvalue weighted by atomic mass is 19.4. The van der Waals surface area contributed by atoms with Crippen molar-refractivity contribution in [3.05, 3.63) is 41.6 Å². The number of carbonyl (C=O) groups is 2. The number of benzene rings is 1. The van der Waals surface area contributed by atoms with E-state index in [1.54, 1.807) is 0 Å². The van der Waals surface area contributed by atoms with Crippen molar-refractivity contribution in [1.29, 1.82) is 5.26 Å². The molecular formula is C19H15F3N4O2. The SMILES string of the molecule is N#C[C@@H]1C[C@@H]2C[C@@H]2N1C(=O)CNC(=O)c1ccnc2ccc(C(F)(F)F)cc12. The quantitative estimate of drug-likeness (QED) is 0.875. The van der Waals surface area contributed by atoms with Crippen LogP contribution in [0.25, 0.3) is 10.9 Å². The summed E-state index contributed by atoms with van der Waals surface area (Å²) < 4.78 is 39.0. The molecule has 0 radical (unpaired) electrons. The molecule has 6 nitrogen and oxygen atoms in total. The molecule has 9 heteroatoms. The van der Waals surface area contributed by atoms with Crippen LogP contribution >= 0.6 is 0 Å². The highest BCUT2D eigenvalue weighted by Gasteiger charge is 2.53. The van der Waals surface area contributed by atoms with Gasteiger partial charge in [0.05, 0.1) is 29.3 Å².